The SMILES string of the molecule is Nc1ccc(Oc2ccc3c(c2)C(=O)N(c2ccccc2F)C3=O)cc1. The lowest BCUT2D eigenvalue weighted by Gasteiger charge is -2.14. The van der Waals surface area contributed by atoms with Gasteiger partial charge in [0.25, 0.3) is 11.8 Å². The summed E-state index contributed by atoms with van der Waals surface area (Å²) in [4.78, 5) is 26.1. The number of nitrogen functional groups attached to an aromatic ring is 1. The third kappa shape index (κ3) is 2.57. The van der Waals surface area contributed by atoms with E-state index in [1.165, 1.54) is 30.3 Å². The molecule has 0 spiro atoms. The Kier molecular flexibility index (Phi) is 3.65. The number of ether oxygens (including phenoxy) is 1. The zero-order valence-electron chi connectivity index (χ0n) is 13.5. The minimum Gasteiger partial charge on any atom is -0.457 e. The molecule has 0 saturated carbocycles. The van der Waals surface area contributed by atoms with Gasteiger partial charge in [0.2, 0.25) is 0 Å². The van der Waals surface area contributed by atoms with Crippen LogP contribution in [0.3, 0.4) is 0 Å². The van der Waals surface area contributed by atoms with E-state index in [0.29, 0.717) is 17.2 Å². The molecule has 2 amide bonds. The van der Waals surface area contributed by atoms with Crippen molar-refractivity contribution in [3.8, 4) is 11.5 Å². The van der Waals surface area contributed by atoms with Crippen molar-refractivity contribution in [2.75, 3.05) is 10.6 Å². The second kappa shape index (κ2) is 6.00. The van der Waals surface area contributed by atoms with E-state index < -0.39 is 17.6 Å². The van der Waals surface area contributed by atoms with Gasteiger partial charge in [0.1, 0.15) is 17.3 Å². The maximum atomic E-state index is 14.0. The standard InChI is InChI=1S/C20H13FN2O3/c21-17-3-1-2-4-18(17)23-19(24)15-10-9-14(11-16(15)20(23)25)26-13-7-5-12(22)6-8-13/h1-11H,22H2. The van der Waals surface area contributed by atoms with Crippen LogP contribution in [0, 0.1) is 5.82 Å². The van der Waals surface area contributed by atoms with Crippen LogP contribution in [-0.4, -0.2) is 11.8 Å². The Morgan fingerprint density at radius 1 is 0.808 bits per heavy atom. The lowest BCUT2D eigenvalue weighted by atomic mass is 10.1. The Morgan fingerprint density at radius 2 is 1.46 bits per heavy atom. The number of anilines is 2. The predicted octanol–water partition coefficient (Wildman–Crippen LogP) is 4.00. The van der Waals surface area contributed by atoms with Gasteiger partial charge in [-0.2, -0.15) is 0 Å². The van der Waals surface area contributed by atoms with Crippen molar-refractivity contribution in [3.63, 3.8) is 0 Å². The number of carbonyl (C=O) groups is 2. The highest BCUT2D eigenvalue weighted by Crippen LogP contribution is 2.33. The fraction of sp³-hybridized carbons (Fsp3) is 0. The molecule has 0 aliphatic carbocycles. The van der Waals surface area contributed by atoms with Crippen molar-refractivity contribution in [3.05, 3.63) is 83.7 Å². The summed E-state index contributed by atoms with van der Waals surface area (Å²) in [5, 5.41) is 0. The van der Waals surface area contributed by atoms with Gasteiger partial charge in [-0.3, -0.25) is 9.59 Å². The molecule has 5 nitrogen and oxygen atoms in total. The number of fused-ring (bicyclic) bond motifs is 1. The number of halogens is 1. The Morgan fingerprint density at radius 3 is 2.19 bits per heavy atom. The first-order chi connectivity index (χ1) is 12.5. The lowest BCUT2D eigenvalue weighted by Crippen LogP contribution is -2.30. The molecule has 1 aliphatic rings. The van der Waals surface area contributed by atoms with Gasteiger partial charge in [0.05, 0.1) is 16.8 Å². The Bertz CT molecular complexity index is 1030. The molecule has 0 aromatic heterocycles. The van der Waals surface area contributed by atoms with Gasteiger partial charge in [-0.1, -0.05) is 12.1 Å². The summed E-state index contributed by atoms with van der Waals surface area (Å²) >= 11 is 0. The summed E-state index contributed by atoms with van der Waals surface area (Å²) in [6.45, 7) is 0. The molecule has 6 heteroatoms. The first kappa shape index (κ1) is 15.8. The number of rotatable bonds is 3. The topological polar surface area (TPSA) is 72.6 Å². The largest absolute Gasteiger partial charge is 0.457 e. The normalized spacial score (nSPS) is 13.0. The van der Waals surface area contributed by atoms with Crippen LogP contribution in [0.1, 0.15) is 20.7 Å². The molecule has 128 valence electrons. The summed E-state index contributed by atoms with van der Waals surface area (Å²) in [5.74, 6) is -0.848. The van der Waals surface area contributed by atoms with Crippen LogP contribution >= 0.6 is 0 Å². The number of amides is 2. The molecule has 0 fully saturated rings. The van der Waals surface area contributed by atoms with E-state index in [4.69, 9.17) is 10.5 Å². The first-order valence-electron chi connectivity index (χ1n) is 7.85. The number of hydrogen-bond acceptors (Lipinski definition) is 4. The van der Waals surface area contributed by atoms with E-state index in [1.807, 2.05) is 0 Å². The molecule has 1 aliphatic heterocycles. The molecule has 0 saturated heterocycles. The average molecular weight is 348 g/mol. The van der Waals surface area contributed by atoms with Gasteiger partial charge >= 0.3 is 0 Å². The number of hydrogen-bond donors (Lipinski definition) is 1. The van der Waals surface area contributed by atoms with Crippen LogP contribution in [0.4, 0.5) is 15.8 Å². The molecule has 26 heavy (non-hydrogen) atoms. The quantitative estimate of drug-likeness (QED) is 0.573. The maximum Gasteiger partial charge on any atom is 0.266 e. The molecule has 0 unspecified atom stereocenters. The van der Waals surface area contributed by atoms with Crippen molar-refractivity contribution >= 4 is 23.2 Å². The number of imide groups is 1. The van der Waals surface area contributed by atoms with Crippen molar-refractivity contribution in [2.24, 2.45) is 0 Å². The smallest absolute Gasteiger partial charge is 0.266 e. The number of nitrogens with zero attached hydrogens (tertiary/aromatic N) is 1. The minimum atomic E-state index is -0.639. The average Bonchev–Trinajstić information content (AvgIpc) is 2.88. The van der Waals surface area contributed by atoms with E-state index >= 15 is 0 Å². The zero-order chi connectivity index (χ0) is 18.3. The van der Waals surface area contributed by atoms with Crippen LogP contribution in [0.15, 0.2) is 66.7 Å². The van der Waals surface area contributed by atoms with E-state index in [0.717, 1.165) is 4.90 Å². The van der Waals surface area contributed by atoms with Crippen molar-refractivity contribution in [1.82, 2.24) is 0 Å². The Labute approximate surface area is 148 Å². The van der Waals surface area contributed by atoms with Crippen molar-refractivity contribution in [2.45, 2.75) is 0 Å². The van der Waals surface area contributed by atoms with Crippen LogP contribution in [0.2, 0.25) is 0 Å². The van der Waals surface area contributed by atoms with Gasteiger partial charge < -0.3 is 10.5 Å². The highest BCUT2D eigenvalue weighted by molar-refractivity contribution is 6.34. The molecular formula is C20H13FN2O3. The molecule has 3 aromatic rings. The summed E-state index contributed by atoms with van der Waals surface area (Å²) in [7, 11) is 0. The lowest BCUT2D eigenvalue weighted by molar-refractivity contribution is 0.0925. The van der Waals surface area contributed by atoms with Crippen LogP contribution in [-0.2, 0) is 0 Å². The fourth-order valence-electron chi connectivity index (χ4n) is 2.81. The first-order valence-corrected chi connectivity index (χ1v) is 7.85. The van der Waals surface area contributed by atoms with Crippen molar-refractivity contribution in [1.29, 1.82) is 0 Å². The predicted molar refractivity (Wildman–Crippen MR) is 94.9 cm³/mol. The second-order valence-electron chi connectivity index (χ2n) is 5.78. The molecule has 1 heterocycles. The Balaban J connectivity index is 1.68. The summed E-state index contributed by atoms with van der Waals surface area (Å²) in [6, 6.07) is 17.0. The van der Waals surface area contributed by atoms with E-state index in [2.05, 4.69) is 0 Å². The summed E-state index contributed by atoms with van der Waals surface area (Å²) in [6.07, 6.45) is 0. The van der Waals surface area contributed by atoms with E-state index in [1.54, 1.807) is 36.4 Å². The van der Waals surface area contributed by atoms with Crippen LogP contribution < -0.4 is 15.4 Å². The van der Waals surface area contributed by atoms with Crippen LogP contribution in [0.5, 0.6) is 11.5 Å². The highest BCUT2D eigenvalue weighted by Gasteiger charge is 2.38. The summed E-state index contributed by atoms with van der Waals surface area (Å²) < 4.78 is 19.7. The van der Waals surface area contributed by atoms with Gasteiger partial charge in [-0.05, 0) is 54.6 Å². The highest BCUT2D eigenvalue weighted by atomic mass is 19.1. The van der Waals surface area contributed by atoms with E-state index in [9.17, 15) is 14.0 Å². The molecular weight excluding hydrogens is 335 g/mol. The number of para-hydroxylation sites is 1. The number of nitrogens with two attached hydrogens (primary N) is 1. The van der Waals surface area contributed by atoms with Crippen molar-refractivity contribution < 1.29 is 18.7 Å². The number of carbonyl (C=O) groups excluding carboxylic acids is 2. The molecule has 0 atom stereocenters. The summed E-state index contributed by atoms with van der Waals surface area (Å²) in [5.41, 5.74) is 6.55. The van der Waals surface area contributed by atoms with Crippen LogP contribution in [0.25, 0.3) is 0 Å². The number of benzene rings is 3. The van der Waals surface area contributed by atoms with E-state index in [-0.39, 0.29) is 16.8 Å². The monoisotopic (exact) mass is 348 g/mol. The molecule has 0 radical (unpaired) electrons. The van der Waals surface area contributed by atoms with Gasteiger partial charge in [-0.25, -0.2) is 9.29 Å². The fourth-order valence-corrected chi connectivity index (χ4v) is 2.81. The van der Waals surface area contributed by atoms with Gasteiger partial charge in [0, 0.05) is 5.69 Å². The molecule has 0 bridgehead atoms. The van der Waals surface area contributed by atoms with Gasteiger partial charge in [0.15, 0.2) is 0 Å². The third-order valence-electron chi connectivity index (χ3n) is 4.07. The third-order valence-corrected chi connectivity index (χ3v) is 4.07. The minimum absolute atomic E-state index is 0.0697. The Hall–Kier alpha value is -3.67. The molecule has 3 aromatic carbocycles. The zero-order valence-corrected chi connectivity index (χ0v) is 13.5. The second-order valence-corrected chi connectivity index (χ2v) is 5.78. The molecule has 2 N–H and O–H groups in total. The molecule has 4 rings (SSSR count). The van der Waals surface area contributed by atoms with Gasteiger partial charge in [-0.15, -0.1) is 0 Å². The maximum absolute atomic E-state index is 14.0.